The van der Waals surface area contributed by atoms with Gasteiger partial charge in [-0.1, -0.05) is 28.9 Å². The SMILES string of the molecule is COc1cc2c3c(cnc2cc1-c1c(C)noc1C)OC(OC)N3[C@H](C)c1ccc(Cl)cc1. The van der Waals surface area contributed by atoms with E-state index in [0.717, 1.165) is 44.7 Å². The van der Waals surface area contributed by atoms with Crippen molar-refractivity contribution in [1.29, 1.82) is 0 Å². The van der Waals surface area contributed by atoms with Crippen LogP contribution in [0.25, 0.3) is 22.0 Å². The smallest absolute Gasteiger partial charge is 0.284 e. The Morgan fingerprint density at radius 1 is 1.12 bits per heavy atom. The molecular formula is C25H24ClN3O4. The fourth-order valence-corrected chi connectivity index (χ4v) is 4.61. The van der Waals surface area contributed by atoms with E-state index in [-0.39, 0.29) is 6.04 Å². The summed E-state index contributed by atoms with van der Waals surface area (Å²) in [5, 5.41) is 5.69. The molecule has 3 heterocycles. The van der Waals surface area contributed by atoms with E-state index in [2.05, 4.69) is 22.0 Å². The summed E-state index contributed by atoms with van der Waals surface area (Å²) in [5.41, 5.74) is 5.38. The van der Waals surface area contributed by atoms with Crippen molar-refractivity contribution < 1.29 is 18.7 Å². The van der Waals surface area contributed by atoms with Crippen LogP contribution in [0.2, 0.25) is 5.02 Å². The molecule has 7 nitrogen and oxygen atoms in total. The molecule has 2 aromatic carbocycles. The topological polar surface area (TPSA) is 69.9 Å². The monoisotopic (exact) mass is 465 g/mol. The molecule has 2 atom stereocenters. The molecule has 1 aliphatic rings. The van der Waals surface area contributed by atoms with Gasteiger partial charge in [0.05, 0.1) is 41.8 Å². The third-order valence-electron chi connectivity index (χ3n) is 6.11. The van der Waals surface area contributed by atoms with Crippen molar-refractivity contribution in [2.75, 3.05) is 19.1 Å². The molecule has 0 saturated carbocycles. The first kappa shape index (κ1) is 21.6. The molecule has 0 bridgehead atoms. The summed E-state index contributed by atoms with van der Waals surface area (Å²) in [6.07, 6.45) is 1.15. The summed E-state index contributed by atoms with van der Waals surface area (Å²) >= 11 is 6.11. The number of halogens is 1. The zero-order valence-electron chi connectivity index (χ0n) is 19.0. The van der Waals surface area contributed by atoms with Gasteiger partial charge in [-0.25, -0.2) is 0 Å². The number of methoxy groups -OCH3 is 2. The summed E-state index contributed by atoms with van der Waals surface area (Å²) in [6, 6.07) is 11.7. The van der Waals surface area contributed by atoms with Gasteiger partial charge in [0.2, 0.25) is 0 Å². The van der Waals surface area contributed by atoms with Crippen LogP contribution in [0.3, 0.4) is 0 Å². The van der Waals surface area contributed by atoms with E-state index in [9.17, 15) is 0 Å². The van der Waals surface area contributed by atoms with Crippen LogP contribution in [0.15, 0.2) is 47.1 Å². The fraction of sp³-hybridized carbons (Fsp3) is 0.280. The number of aryl methyl sites for hydroxylation is 2. The van der Waals surface area contributed by atoms with Gasteiger partial charge in [0.15, 0.2) is 5.75 Å². The number of ether oxygens (including phenoxy) is 3. The Bertz CT molecular complexity index is 1320. The number of fused-ring (bicyclic) bond motifs is 3. The van der Waals surface area contributed by atoms with Crippen LogP contribution < -0.4 is 14.4 Å². The molecule has 0 N–H and O–H groups in total. The number of benzene rings is 2. The molecule has 0 aliphatic carbocycles. The van der Waals surface area contributed by atoms with Crippen molar-refractivity contribution in [2.24, 2.45) is 0 Å². The maximum absolute atomic E-state index is 6.11. The Morgan fingerprint density at radius 3 is 2.52 bits per heavy atom. The molecular weight excluding hydrogens is 442 g/mol. The number of rotatable bonds is 5. The van der Waals surface area contributed by atoms with Gasteiger partial charge in [-0.2, -0.15) is 0 Å². The standard InChI is InChI=1S/C25H24ClN3O4/c1-13-23(15(3)33-28-13)19-10-20-18(11-21(19)30-4)24-22(12-27-20)32-25(31-5)29(24)14(2)16-6-8-17(26)9-7-16/h6-12,14,25H,1-5H3/t14-,25?/m1/s1. The second kappa shape index (κ2) is 8.24. The van der Waals surface area contributed by atoms with Crippen LogP contribution in [0, 0.1) is 13.8 Å². The summed E-state index contributed by atoms with van der Waals surface area (Å²) in [5.74, 6) is 2.08. The third kappa shape index (κ3) is 3.48. The quantitative estimate of drug-likeness (QED) is 0.355. The lowest BCUT2D eigenvalue weighted by Crippen LogP contribution is -2.38. The molecule has 2 aromatic heterocycles. The zero-order valence-corrected chi connectivity index (χ0v) is 19.8. The molecule has 33 heavy (non-hydrogen) atoms. The first-order valence-corrected chi connectivity index (χ1v) is 11.0. The first-order chi connectivity index (χ1) is 15.9. The van der Waals surface area contributed by atoms with Crippen molar-refractivity contribution in [3.63, 3.8) is 0 Å². The normalized spacial score (nSPS) is 16.1. The predicted octanol–water partition coefficient (Wildman–Crippen LogP) is 6.06. The van der Waals surface area contributed by atoms with Crippen LogP contribution in [0.1, 0.15) is 30.0 Å². The molecule has 170 valence electrons. The number of aromatic nitrogens is 2. The fourth-order valence-electron chi connectivity index (χ4n) is 4.48. The highest BCUT2D eigenvalue weighted by molar-refractivity contribution is 6.30. The molecule has 0 amide bonds. The van der Waals surface area contributed by atoms with E-state index in [0.29, 0.717) is 16.5 Å². The predicted molar refractivity (Wildman–Crippen MR) is 127 cm³/mol. The second-order valence-electron chi connectivity index (χ2n) is 8.04. The van der Waals surface area contributed by atoms with Crippen molar-refractivity contribution in [1.82, 2.24) is 10.1 Å². The number of nitrogens with zero attached hydrogens (tertiary/aromatic N) is 3. The van der Waals surface area contributed by atoms with Gasteiger partial charge in [0.1, 0.15) is 11.5 Å². The van der Waals surface area contributed by atoms with E-state index in [1.54, 1.807) is 20.4 Å². The summed E-state index contributed by atoms with van der Waals surface area (Å²) in [7, 11) is 3.28. The van der Waals surface area contributed by atoms with Crippen molar-refractivity contribution in [3.8, 4) is 22.6 Å². The Balaban J connectivity index is 1.70. The van der Waals surface area contributed by atoms with E-state index < -0.39 is 6.41 Å². The van der Waals surface area contributed by atoms with Crippen LogP contribution in [0.5, 0.6) is 11.5 Å². The van der Waals surface area contributed by atoms with Gasteiger partial charge >= 0.3 is 0 Å². The van der Waals surface area contributed by atoms with Gasteiger partial charge in [0, 0.05) is 23.1 Å². The molecule has 0 fully saturated rings. The highest BCUT2D eigenvalue weighted by Crippen LogP contribution is 2.48. The number of hydrogen-bond acceptors (Lipinski definition) is 7. The van der Waals surface area contributed by atoms with E-state index in [4.69, 9.17) is 30.3 Å². The Kier molecular flexibility index (Phi) is 5.38. The molecule has 0 saturated heterocycles. The maximum Gasteiger partial charge on any atom is 0.284 e. The minimum absolute atomic E-state index is 0.0488. The second-order valence-corrected chi connectivity index (χ2v) is 8.47. The molecule has 8 heteroatoms. The van der Waals surface area contributed by atoms with Crippen molar-refractivity contribution in [3.05, 3.63) is 64.6 Å². The number of hydrogen-bond donors (Lipinski definition) is 0. The minimum Gasteiger partial charge on any atom is -0.496 e. The first-order valence-electron chi connectivity index (χ1n) is 10.6. The lowest BCUT2D eigenvalue weighted by molar-refractivity contribution is -0.0448. The molecule has 1 aliphatic heterocycles. The zero-order chi connectivity index (χ0) is 23.3. The summed E-state index contributed by atoms with van der Waals surface area (Å²) < 4.78 is 23.0. The van der Waals surface area contributed by atoms with Gasteiger partial charge in [-0.3, -0.25) is 4.98 Å². The van der Waals surface area contributed by atoms with Crippen LogP contribution in [0.4, 0.5) is 5.69 Å². The van der Waals surface area contributed by atoms with Crippen LogP contribution in [-0.4, -0.2) is 30.8 Å². The largest absolute Gasteiger partial charge is 0.496 e. The molecule has 4 aromatic rings. The van der Waals surface area contributed by atoms with Crippen molar-refractivity contribution >= 4 is 28.2 Å². The van der Waals surface area contributed by atoms with Gasteiger partial charge in [-0.15, -0.1) is 0 Å². The van der Waals surface area contributed by atoms with Gasteiger partial charge in [0.25, 0.3) is 6.41 Å². The van der Waals surface area contributed by atoms with Crippen LogP contribution >= 0.6 is 11.6 Å². The molecule has 0 spiro atoms. The lowest BCUT2D eigenvalue weighted by Gasteiger charge is -2.31. The number of anilines is 1. The van der Waals surface area contributed by atoms with Crippen molar-refractivity contribution in [2.45, 2.75) is 33.2 Å². The summed E-state index contributed by atoms with van der Waals surface area (Å²) in [4.78, 5) is 6.78. The third-order valence-corrected chi connectivity index (χ3v) is 6.37. The maximum atomic E-state index is 6.11. The van der Waals surface area contributed by atoms with Gasteiger partial charge in [-0.05, 0) is 50.6 Å². The Hall–Kier alpha value is -3.29. The number of pyridine rings is 1. The lowest BCUT2D eigenvalue weighted by atomic mass is 9.99. The van der Waals surface area contributed by atoms with E-state index in [1.807, 2.05) is 50.2 Å². The molecule has 0 radical (unpaired) electrons. The highest BCUT2D eigenvalue weighted by atomic mass is 35.5. The minimum atomic E-state index is -0.591. The van der Waals surface area contributed by atoms with Gasteiger partial charge < -0.3 is 23.6 Å². The average Bonchev–Trinajstić information content (AvgIpc) is 3.37. The Morgan fingerprint density at radius 2 is 1.88 bits per heavy atom. The molecule has 5 rings (SSSR count). The average molecular weight is 466 g/mol. The van der Waals surface area contributed by atoms with E-state index >= 15 is 0 Å². The highest BCUT2D eigenvalue weighted by Gasteiger charge is 2.37. The Labute approximate surface area is 196 Å². The molecule has 1 unspecified atom stereocenters. The van der Waals surface area contributed by atoms with E-state index in [1.165, 1.54) is 0 Å². The summed E-state index contributed by atoms with van der Waals surface area (Å²) in [6.45, 7) is 5.91. The van der Waals surface area contributed by atoms with Crippen LogP contribution in [-0.2, 0) is 4.74 Å².